The first-order valence-corrected chi connectivity index (χ1v) is 7.20. The van der Waals surface area contributed by atoms with E-state index in [4.69, 9.17) is 5.41 Å². The minimum Gasteiger partial charge on any atom is -0.308 e. The molecule has 0 spiro atoms. The molecular weight excluding hydrogens is 254 g/mol. The SMILES string of the molecule is C=CC1=C(/C(=C\C)c2ccc(C(=C)C=N)cc2)C=CCC1. The van der Waals surface area contributed by atoms with Gasteiger partial charge in [0, 0.05) is 6.21 Å². The van der Waals surface area contributed by atoms with Gasteiger partial charge in [-0.05, 0) is 53.2 Å². The van der Waals surface area contributed by atoms with E-state index < -0.39 is 0 Å². The Bertz CT molecular complexity index is 652. The van der Waals surface area contributed by atoms with Crippen LogP contribution >= 0.6 is 0 Å². The molecule has 0 heterocycles. The standard InChI is InChI=1S/C20H21N/c1-4-16-8-6-7-9-20(16)19(5-2)18-12-10-17(11-13-18)15(3)14-21/h4-5,7,9-14,21H,1,3,6,8H2,2H3/b19-5-,21-14?. The van der Waals surface area contributed by atoms with E-state index in [9.17, 15) is 0 Å². The van der Waals surface area contributed by atoms with Crippen LogP contribution in [0.1, 0.15) is 30.9 Å². The van der Waals surface area contributed by atoms with Crippen LogP contribution in [0.15, 0.2) is 72.9 Å². The van der Waals surface area contributed by atoms with Crippen molar-refractivity contribution >= 4 is 17.4 Å². The molecule has 1 aliphatic rings. The molecule has 0 aliphatic heterocycles. The molecule has 1 heteroatoms. The molecule has 0 aromatic heterocycles. The highest BCUT2D eigenvalue weighted by atomic mass is 14.3. The lowest BCUT2D eigenvalue weighted by molar-refractivity contribution is 0.980. The maximum atomic E-state index is 7.27. The monoisotopic (exact) mass is 275 g/mol. The minimum atomic E-state index is 0.729. The van der Waals surface area contributed by atoms with E-state index in [-0.39, 0.29) is 0 Å². The highest BCUT2D eigenvalue weighted by Crippen LogP contribution is 2.32. The van der Waals surface area contributed by atoms with Gasteiger partial charge in [-0.3, -0.25) is 0 Å². The second-order valence-corrected chi connectivity index (χ2v) is 5.03. The molecule has 1 aromatic rings. The van der Waals surface area contributed by atoms with Crippen LogP contribution in [0.25, 0.3) is 11.1 Å². The van der Waals surface area contributed by atoms with Crippen LogP contribution in [0.4, 0.5) is 0 Å². The zero-order chi connectivity index (χ0) is 15.2. The summed E-state index contributed by atoms with van der Waals surface area (Å²) < 4.78 is 0. The number of rotatable bonds is 5. The van der Waals surface area contributed by atoms with Crippen LogP contribution in [-0.4, -0.2) is 6.21 Å². The summed E-state index contributed by atoms with van der Waals surface area (Å²) in [5.41, 5.74) is 6.69. The van der Waals surface area contributed by atoms with E-state index in [0.717, 1.165) is 24.0 Å². The van der Waals surface area contributed by atoms with Gasteiger partial charge in [-0.25, -0.2) is 0 Å². The van der Waals surface area contributed by atoms with Crippen LogP contribution < -0.4 is 0 Å². The summed E-state index contributed by atoms with van der Waals surface area (Å²) in [4.78, 5) is 0. The fraction of sp³-hybridized carbons (Fsp3) is 0.150. The largest absolute Gasteiger partial charge is 0.308 e. The van der Waals surface area contributed by atoms with E-state index >= 15 is 0 Å². The van der Waals surface area contributed by atoms with E-state index in [0.29, 0.717) is 0 Å². The lowest BCUT2D eigenvalue weighted by Gasteiger charge is -2.17. The molecule has 106 valence electrons. The van der Waals surface area contributed by atoms with Gasteiger partial charge in [0.2, 0.25) is 0 Å². The van der Waals surface area contributed by atoms with Crippen molar-refractivity contribution in [1.29, 1.82) is 5.41 Å². The van der Waals surface area contributed by atoms with Crippen molar-refractivity contribution < 1.29 is 0 Å². The molecule has 21 heavy (non-hydrogen) atoms. The number of hydrogen-bond acceptors (Lipinski definition) is 1. The van der Waals surface area contributed by atoms with Gasteiger partial charge >= 0.3 is 0 Å². The van der Waals surface area contributed by atoms with Crippen molar-refractivity contribution in [3.63, 3.8) is 0 Å². The third kappa shape index (κ3) is 3.19. The number of allylic oxidation sites excluding steroid dienone is 8. The van der Waals surface area contributed by atoms with Crippen molar-refractivity contribution in [3.8, 4) is 0 Å². The van der Waals surface area contributed by atoms with Gasteiger partial charge in [0.15, 0.2) is 0 Å². The Kier molecular flexibility index (Phi) is 4.89. The molecule has 1 N–H and O–H groups in total. The minimum absolute atomic E-state index is 0.729. The smallest absolute Gasteiger partial charge is 0.0250 e. The van der Waals surface area contributed by atoms with E-state index in [1.54, 1.807) is 0 Å². The Morgan fingerprint density at radius 3 is 2.43 bits per heavy atom. The molecule has 0 unspecified atom stereocenters. The average Bonchev–Trinajstić information content (AvgIpc) is 2.56. The molecule has 0 amide bonds. The molecular formula is C20H21N. The molecule has 1 aromatic carbocycles. The summed E-state index contributed by atoms with van der Waals surface area (Å²) in [5.74, 6) is 0. The Morgan fingerprint density at radius 1 is 1.19 bits per heavy atom. The summed E-state index contributed by atoms with van der Waals surface area (Å²) in [7, 11) is 0. The predicted molar refractivity (Wildman–Crippen MR) is 93.5 cm³/mol. The number of benzene rings is 1. The van der Waals surface area contributed by atoms with Crippen LogP contribution in [0.3, 0.4) is 0 Å². The molecule has 0 saturated carbocycles. The van der Waals surface area contributed by atoms with Crippen molar-refractivity contribution in [3.05, 3.63) is 84.0 Å². The fourth-order valence-corrected chi connectivity index (χ4v) is 2.58. The summed E-state index contributed by atoms with van der Waals surface area (Å²) >= 11 is 0. The fourth-order valence-electron chi connectivity index (χ4n) is 2.58. The normalized spacial score (nSPS) is 15.0. The third-order valence-corrected chi connectivity index (χ3v) is 3.78. The first-order valence-electron chi connectivity index (χ1n) is 7.20. The quantitative estimate of drug-likeness (QED) is 0.678. The summed E-state index contributed by atoms with van der Waals surface area (Å²) in [6.07, 6.45) is 11.9. The molecule has 0 radical (unpaired) electrons. The Labute approximate surface area is 127 Å². The van der Waals surface area contributed by atoms with Gasteiger partial charge in [0.25, 0.3) is 0 Å². The molecule has 0 atom stereocenters. The average molecular weight is 275 g/mol. The Hall–Kier alpha value is -2.41. The number of hydrogen-bond donors (Lipinski definition) is 1. The van der Waals surface area contributed by atoms with E-state index in [1.807, 2.05) is 18.2 Å². The van der Waals surface area contributed by atoms with Crippen molar-refractivity contribution in [1.82, 2.24) is 0 Å². The van der Waals surface area contributed by atoms with Gasteiger partial charge < -0.3 is 5.41 Å². The third-order valence-electron chi connectivity index (χ3n) is 3.78. The van der Waals surface area contributed by atoms with Gasteiger partial charge in [0.1, 0.15) is 0 Å². The maximum absolute atomic E-state index is 7.27. The Balaban J connectivity index is 2.41. The second kappa shape index (κ2) is 6.85. The molecule has 2 rings (SSSR count). The zero-order valence-corrected chi connectivity index (χ0v) is 12.5. The summed E-state index contributed by atoms with van der Waals surface area (Å²) in [6.45, 7) is 9.87. The van der Waals surface area contributed by atoms with Gasteiger partial charge in [-0.1, -0.05) is 61.7 Å². The molecule has 0 saturated heterocycles. The maximum Gasteiger partial charge on any atom is 0.0250 e. The highest BCUT2D eigenvalue weighted by molar-refractivity contribution is 6.07. The van der Waals surface area contributed by atoms with Crippen molar-refractivity contribution in [2.75, 3.05) is 0 Å². The summed E-state index contributed by atoms with van der Waals surface area (Å²) in [6, 6.07) is 8.23. The second-order valence-electron chi connectivity index (χ2n) is 5.03. The van der Waals surface area contributed by atoms with Crippen molar-refractivity contribution in [2.45, 2.75) is 19.8 Å². The van der Waals surface area contributed by atoms with Gasteiger partial charge in [-0.15, -0.1) is 0 Å². The molecule has 0 bridgehead atoms. The summed E-state index contributed by atoms with van der Waals surface area (Å²) in [5, 5.41) is 7.27. The van der Waals surface area contributed by atoms with Crippen LogP contribution in [0, 0.1) is 5.41 Å². The Morgan fingerprint density at radius 2 is 1.86 bits per heavy atom. The predicted octanol–water partition coefficient (Wildman–Crippen LogP) is 5.59. The van der Waals surface area contributed by atoms with Gasteiger partial charge in [0.05, 0.1) is 0 Å². The highest BCUT2D eigenvalue weighted by Gasteiger charge is 2.11. The van der Waals surface area contributed by atoms with Gasteiger partial charge in [-0.2, -0.15) is 0 Å². The lowest BCUT2D eigenvalue weighted by atomic mass is 9.88. The lowest BCUT2D eigenvalue weighted by Crippen LogP contribution is -1.97. The molecule has 0 fully saturated rings. The zero-order valence-electron chi connectivity index (χ0n) is 12.5. The van der Waals surface area contributed by atoms with Crippen molar-refractivity contribution in [2.24, 2.45) is 0 Å². The van der Waals surface area contributed by atoms with Crippen LogP contribution in [0.5, 0.6) is 0 Å². The topological polar surface area (TPSA) is 23.9 Å². The van der Waals surface area contributed by atoms with E-state index in [2.05, 4.69) is 50.4 Å². The first kappa shape index (κ1) is 15.0. The number of nitrogens with one attached hydrogen (secondary N) is 1. The molecule has 1 aliphatic carbocycles. The van der Waals surface area contributed by atoms with E-state index in [1.165, 1.54) is 28.5 Å². The molecule has 1 nitrogen and oxygen atoms in total. The van der Waals surface area contributed by atoms with Crippen LogP contribution in [0.2, 0.25) is 0 Å². The first-order chi connectivity index (χ1) is 10.2. The van der Waals surface area contributed by atoms with Crippen LogP contribution in [-0.2, 0) is 0 Å².